The van der Waals surface area contributed by atoms with Crippen LogP contribution in [-0.2, 0) is 14.3 Å². The number of aromatic nitrogens is 1. The van der Waals surface area contributed by atoms with Gasteiger partial charge in [-0.3, -0.25) is 19.3 Å². The van der Waals surface area contributed by atoms with E-state index in [4.69, 9.17) is 0 Å². The lowest BCUT2D eigenvalue weighted by Gasteiger charge is -2.10. The Morgan fingerprint density at radius 1 is 1.26 bits per heavy atom. The number of imide groups is 1. The monoisotopic (exact) mass is 388 g/mol. The maximum absolute atomic E-state index is 14.2. The zero-order valence-electron chi connectivity index (χ0n) is 15.0. The maximum Gasteiger partial charge on any atom is 0.325 e. The lowest BCUT2D eigenvalue weighted by molar-refractivity contribution is -0.143. The van der Waals surface area contributed by atoms with E-state index in [9.17, 15) is 18.8 Å². The van der Waals surface area contributed by atoms with Crippen molar-refractivity contribution >= 4 is 35.0 Å². The number of hydrogen-bond acceptors (Lipinski definition) is 5. The van der Waals surface area contributed by atoms with Gasteiger partial charge in [0.15, 0.2) is 0 Å². The summed E-state index contributed by atoms with van der Waals surface area (Å²) in [6.07, 6.45) is 1.59. The van der Waals surface area contributed by atoms with Gasteiger partial charge in [-0.2, -0.15) is 0 Å². The molecule has 1 fully saturated rings. The minimum Gasteiger partial charge on any atom is -0.468 e. The summed E-state index contributed by atoms with van der Waals surface area (Å²) in [7, 11) is 1.19. The van der Waals surface area contributed by atoms with E-state index >= 15 is 0 Å². The first kappa shape index (κ1) is 18.9. The van der Waals surface area contributed by atoms with Gasteiger partial charge in [0.1, 0.15) is 12.4 Å². The van der Waals surface area contributed by atoms with Crippen molar-refractivity contribution in [2.75, 3.05) is 13.7 Å². The number of carbonyl (C=O) groups is 3. The average Bonchev–Trinajstić information content (AvgIpc) is 3.06. The Hall–Kier alpha value is -2.87. The molecule has 27 heavy (non-hydrogen) atoms. The number of para-hydroxylation sites is 1. The minimum atomic E-state index is -0.670. The summed E-state index contributed by atoms with van der Waals surface area (Å²) in [5, 5.41) is -0.528. The molecule has 2 heterocycles. The van der Waals surface area contributed by atoms with Crippen molar-refractivity contribution in [3.05, 3.63) is 58.0 Å². The number of ether oxygens (including phenoxy) is 1. The van der Waals surface area contributed by atoms with E-state index in [2.05, 4.69) is 4.74 Å². The van der Waals surface area contributed by atoms with E-state index in [0.29, 0.717) is 11.3 Å². The van der Waals surface area contributed by atoms with E-state index in [-0.39, 0.29) is 10.7 Å². The molecule has 0 aliphatic carbocycles. The quantitative estimate of drug-likeness (QED) is 0.593. The number of halogens is 1. The van der Waals surface area contributed by atoms with Gasteiger partial charge in [0.25, 0.3) is 11.1 Å². The Labute approximate surface area is 159 Å². The SMILES string of the molecule is COC(=O)CN1C(=O)S/C(=C\c2cc(C)n(-c3ccccc3F)c2C)C1=O. The van der Waals surface area contributed by atoms with Crippen LogP contribution in [0, 0.1) is 19.7 Å². The Kier molecular flexibility index (Phi) is 5.18. The molecule has 0 N–H and O–H groups in total. The Morgan fingerprint density at radius 3 is 2.63 bits per heavy atom. The Bertz CT molecular complexity index is 980. The number of nitrogens with zero attached hydrogens (tertiary/aromatic N) is 2. The Balaban J connectivity index is 1.96. The van der Waals surface area contributed by atoms with Crippen LogP contribution in [0.3, 0.4) is 0 Å². The van der Waals surface area contributed by atoms with Crippen LogP contribution in [0.15, 0.2) is 35.2 Å². The number of hydrogen-bond donors (Lipinski definition) is 0. The summed E-state index contributed by atoms with van der Waals surface area (Å²) in [6.45, 7) is 3.22. The molecule has 2 amide bonds. The molecular formula is C19H17FN2O4S. The number of thioether (sulfide) groups is 1. The molecule has 1 aromatic carbocycles. The summed E-state index contributed by atoms with van der Waals surface area (Å²) >= 11 is 0.759. The number of aryl methyl sites for hydroxylation is 1. The zero-order valence-corrected chi connectivity index (χ0v) is 15.8. The highest BCUT2D eigenvalue weighted by molar-refractivity contribution is 8.18. The predicted molar refractivity (Wildman–Crippen MR) is 99.9 cm³/mol. The van der Waals surface area contributed by atoms with Gasteiger partial charge in [0.2, 0.25) is 0 Å². The predicted octanol–water partition coefficient (Wildman–Crippen LogP) is 3.44. The molecule has 0 radical (unpaired) electrons. The van der Waals surface area contributed by atoms with Gasteiger partial charge in [0, 0.05) is 11.4 Å². The first-order valence-electron chi connectivity index (χ1n) is 8.09. The highest BCUT2D eigenvalue weighted by Gasteiger charge is 2.36. The largest absolute Gasteiger partial charge is 0.468 e. The molecule has 6 nitrogen and oxygen atoms in total. The highest BCUT2D eigenvalue weighted by Crippen LogP contribution is 2.33. The van der Waals surface area contributed by atoms with E-state index in [0.717, 1.165) is 28.0 Å². The summed E-state index contributed by atoms with van der Waals surface area (Å²) < 4.78 is 20.4. The molecular weight excluding hydrogens is 371 g/mol. The van der Waals surface area contributed by atoms with Gasteiger partial charge in [-0.05, 0) is 55.4 Å². The molecule has 3 rings (SSSR count). The van der Waals surface area contributed by atoms with Crippen LogP contribution in [0.4, 0.5) is 9.18 Å². The average molecular weight is 388 g/mol. The van der Waals surface area contributed by atoms with Crippen LogP contribution in [0.5, 0.6) is 0 Å². The van der Waals surface area contributed by atoms with Gasteiger partial charge < -0.3 is 9.30 Å². The molecule has 0 atom stereocenters. The lowest BCUT2D eigenvalue weighted by Crippen LogP contribution is -2.34. The molecule has 1 saturated heterocycles. The summed E-state index contributed by atoms with van der Waals surface area (Å²) in [5.74, 6) is -1.58. The van der Waals surface area contributed by atoms with Gasteiger partial charge in [-0.25, -0.2) is 4.39 Å². The van der Waals surface area contributed by atoms with Crippen LogP contribution in [-0.4, -0.2) is 40.2 Å². The molecule has 0 bridgehead atoms. The van der Waals surface area contributed by atoms with Gasteiger partial charge in [-0.1, -0.05) is 12.1 Å². The fraction of sp³-hybridized carbons (Fsp3) is 0.211. The van der Waals surface area contributed by atoms with E-state index < -0.39 is 23.7 Å². The standard InChI is InChI=1S/C19H17FN2O4S/c1-11-8-13(12(2)22(11)15-7-5-4-6-14(15)20)9-16-18(24)21(19(25)27-16)10-17(23)26-3/h4-9H,10H2,1-3H3/b16-9-. The third-order valence-corrected chi connectivity index (χ3v) is 5.15. The minimum absolute atomic E-state index is 0.206. The van der Waals surface area contributed by atoms with Crippen molar-refractivity contribution in [2.45, 2.75) is 13.8 Å². The fourth-order valence-electron chi connectivity index (χ4n) is 2.91. The molecule has 8 heteroatoms. The summed E-state index contributed by atoms with van der Waals surface area (Å²) in [5.41, 5.74) is 2.63. The number of amides is 2. The number of benzene rings is 1. The van der Waals surface area contributed by atoms with E-state index in [1.165, 1.54) is 13.2 Å². The number of carbonyl (C=O) groups excluding carboxylic acids is 3. The molecule has 2 aromatic rings. The van der Waals surface area contributed by atoms with Crippen molar-refractivity contribution in [2.24, 2.45) is 0 Å². The Morgan fingerprint density at radius 2 is 1.96 bits per heavy atom. The lowest BCUT2D eigenvalue weighted by atomic mass is 10.2. The van der Waals surface area contributed by atoms with Gasteiger partial charge >= 0.3 is 5.97 Å². The second-order valence-electron chi connectivity index (χ2n) is 5.96. The number of methoxy groups -OCH3 is 1. The second-order valence-corrected chi connectivity index (χ2v) is 6.95. The maximum atomic E-state index is 14.2. The molecule has 1 aliphatic rings. The molecule has 1 aliphatic heterocycles. The second kappa shape index (κ2) is 7.40. The van der Waals surface area contributed by atoms with E-state index in [1.807, 2.05) is 19.9 Å². The molecule has 0 unspecified atom stereocenters. The van der Waals surface area contributed by atoms with Crippen LogP contribution in [0.2, 0.25) is 0 Å². The first-order chi connectivity index (χ1) is 12.8. The highest BCUT2D eigenvalue weighted by atomic mass is 32.2. The number of rotatable bonds is 4. The van der Waals surface area contributed by atoms with Crippen molar-refractivity contribution in [3.8, 4) is 5.69 Å². The van der Waals surface area contributed by atoms with Crippen molar-refractivity contribution in [1.82, 2.24) is 9.47 Å². The van der Waals surface area contributed by atoms with Crippen molar-refractivity contribution in [3.63, 3.8) is 0 Å². The van der Waals surface area contributed by atoms with Gasteiger partial charge in [0.05, 0.1) is 17.7 Å². The third kappa shape index (κ3) is 3.52. The van der Waals surface area contributed by atoms with Crippen molar-refractivity contribution < 1.29 is 23.5 Å². The van der Waals surface area contributed by atoms with Crippen molar-refractivity contribution in [1.29, 1.82) is 0 Å². The van der Waals surface area contributed by atoms with Crippen LogP contribution in [0.1, 0.15) is 17.0 Å². The van der Waals surface area contributed by atoms with Crippen LogP contribution < -0.4 is 0 Å². The first-order valence-corrected chi connectivity index (χ1v) is 8.91. The third-order valence-electron chi connectivity index (χ3n) is 4.24. The van der Waals surface area contributed by atoms with Gasteiger partial charge in [-0.15, -0.1) is 0 Å². The zero-order chi connectivity index (χ0) is 19.7. The molecule has 1 aromatic heterocycles. The van der Waals surface area contributed by atoms with E-state index in [1.54, 1.807) is 28.8 Å². The number of esters is 1. The normalized spacial score (nSPS) is 15.7. The molecule has 0 saturated carbocycles. The summed E-state index contributed by atoms with van der Waals surface area (Å²) in [4.78, 5) is 36.9. The molecule has 140 valence electrons. The van der Waals surface area contributed by atoms with Crippen LogP contribution >= 0.6 is 11.8 Å². The fourth-order valence-corrected chi connectivity index (χ4v) is 3.74. The van der Waals surface area contributed by atoms with Crippen LogP contribution in [0.25, 0.3) is 11.8 Å². The smallest absolute Gasteiger partial charge is 0.325 e. The molecule has 0 spiro atoms. The summed E-state index contributed by atoms with van der Waals surface area (Å²) in [6, 6.07) is 8.23. The topological polar surface area (TPSA) is 68.6 Å².